The first-order valence-corrected chi connectivity index (χ1v) is 5.87. The van der Waals surface area contributed by atoms with Crippen LogP contribution >= 0.6 is 11.8 Å². The quantitative estimate of drug-likeness (QED) is 0.748. The van der Waals surface area contributed by atoms with Gasteiger partial charge in [-0.3, -0.25) is 0 Å². The summed E-state index contributed by atoms with van der Waals surface area (Å²) in [5.41, 5.74) is 6.72. The topological polar surface area (TPSA) is 46.2 Å². The van der Waals surface area contributed by atoms with E-state index in [2.05, 4.69) is 12.1 Å². The highest BCUT2D eigenvalue weighted by Crippen LogP contribution is 2.23. The van der Waals surface area contributed by atoms with Gasteiger partial charge in [-0.15, -0.1) is 11.8 Å². The molecule has 14 heavy (non-hydrogen) atoms. The number of benzene rings is 1. The number of thioether (sulfide) groups is 1. The van der Waals surface area contributed by atoms with E-state index < -0.39 is 5.54 Å². The minimum atomic E-state index is -0.425. The van der Waals surface area contributed by atoms with Crippen molar-refractivity contribution in [1.82, 2.24) is 0 Å². The van der Waals surface area contributed by atoms with Crippen molar-refractivity contribution in [1.29, 1.82) is 0 Å². The third-order valence-electron chi connectivity index (χ3n) is 2.38. The second kappa shape index (κ2) is 4.82. The molecule has 0 saturated heterocycles. The summed E-state index contributed by atoms with van der Waals surface area (Å²) >= 11 is 1.71. The van der Waals surface area contributed by atoms with Crippen molar-refractivity contribution in [3.63, 3.8) is 0 Å². The summed E-state index contributed by atoms with van der Waals surface area (Å²) in [4.78, 5) is 1.23. The van der Waals surface area contributed by atoms with Crippen LogP contribution in [-0.2, 0) is 5.54 Å². The van der Waals surface area contributed by atoms with E-state index >= 15 is 0 Å². The van der Waals surface area contributed by atoms with Gasteiger partial charge in [0.05, 0.1) is 0 Å². The predicted octanol–water partition coefficient (Wildman–Crippen LogP) is 1.96. The van der Waals surface area contributed by atoms with Crippen molar-refractivity contribution in [2.24, 2.45) is 5.73 Å². The van der Waals surface area contributed by atoms with E-state index in [1.54, 1.807) is 11.8 Å². The minimum absolute atomic E-state index is 0.122. The summed E-state index contributed by atoms with van der Waals surface area (Å²) in [7, 11) is 0. The molecule has 3 heteroatoms. The van der Waals surface area contributed by atoms with Gasteiger partial charge in [-0.1, -0.05) is 12.1 Å². The Balaban J connectivity index is 2.85. The molecule has 0 amide bonds. The largest absolute Gasteiger partial charge is 0.396 e. The Morgan fingerprint density at radius 1 is 1.36 bits per heavy atom. The maximum Gasteiger partial charge on any atom is 0.0451 e. The molecular formula is C11H17NOS. The Labute approximate surface area is 89.5 Å². The van der Waals surface area contributed by atoms with E-state index in [1.165, 1.54) is 4.90 Å². The summed E-state index contributed by atoms with van der Waals surface area (Å²) in [5, 5.41) is 8.88. The molecule has 0 saturated carbocycles. The Hall–Kier alpha value is -0.510. The molecule has 1 unspecified atom stereocenters. The van der Waals surface area contributed by atoms with Crippen LogP contribution in [0.15, 0.2) is 29.2 Å². The van der Waals surface area contributed by atoms with Gasteiger partial charge < -0.3 is 10.8 Å². The summed E-state index contributed by atoms with van der Waals surface area (Å²) in [6.07, 6.45) is 2.63. The van der Waals surface area contributed by atoms with Crippen molar-refractivity contribution in [2.75, 3.05) is 12.9 Å². The third-order valence-corrected chi connectivity index (χ3v) is 3.12. The molecule has 78 valence electrons. The highest BCUT2D eigenvalue weighted by Gasteiger charge is 2.19. The molecule has 0 aliphatic carbocycles. The molecule has 0 heterocycles. The normalized spacial score (nSPS) is 15.1. The highest BCUT2D eigenvalue weighted by atomic mass is 32.2. The Bertz CT molecular complexity index is 282. The molecule has 0 radical (unpaired) electrons. The lowest BCUT2D eigenvalue weighted by atomic mass is 9.90. The zero-order valence-electron chi connectivity index (χ0n) is 8.66. The van der Waals surface area contributed by atoms with Gasteiger partial charge in [0, 0.05) is 17.0 Å². The molecule has 0 aromatic heterocycles. The lowest BCUT2D eigenvalue weighted by molar-refractivity contribution is 0.247. The zero-order valence-corrected chi connectivity index (χ0v) is 9.47. The van der Waals surface area contributed by atoms with Gasteiger partial charge in [0.1, 0.15) is 0 Å². The standard InChI is InChI=1S/C11H17NOS/c1-11(12,7-8-13)9-3-5-10(14-2)6-4-9/h3-6,13H,7-8,12H2,1-2H3. The molecule has 0 aliphatic rings. The fourth-order valence-electron chi connectivity index (χ4n) is 1.35. The first kappa shape index (κ1) is 11.6. The average Bonchev–Trinajstić information content (AvgIpc) is 2.18. The van der Waals surface area contributed by atoms with Gasteiger partial charge in [0.25, 0.3) is 0 Å². The Morgan fingerprint density at radius 3 is 2.36 bits per heavy atom. The fourth-order valence-corrected chi connectivity index (χ4v) is 1.76. The Morgan fingerprint density at radius 2 is 1.93 bits per heavy atom. The van der Waals surface area contributed by atoms with E-state index in [0.29, 0.717) is 6.42 Å². The minimum Gasteiger partial charge on any atom is -0.396 e. The van der Waals surface area contributed by atoms with E-state index in [9.17, 15) is 0 Å². The SMILES string of the molecule is CSc1ccc(C(C)(N)CCO)cc1. The third kappa shape index (κ3) is 2.74. The second-order valence-electron chi connectivity index (χ2n) is 3.62. The maximum absolute atomic E-state index is 8.88. The number of aliphatic hydroxyl groups is 1. The molecule has 1 aromatic rings. The highest BCUT2D eigenvalue weighted by molar-refractivity contribution is 7.98. The monoisotopic (exact) mass is 211 g/mol. The molecule has 1 atom stereocenters. The number of nitrogens with two attached hydrogens (primary N) is 1. The number of rotatable bonds is 4. The molecule has 1 aromatic carbocycles. The van der Waals surface area contributed by atoms with Crippen molar-refractivity contribution in [2.45, 2.75) is 23.8 Å². The van der Waals surface area contributed by atoms with Gasteiger partial charge in [-0.2, -0.15) is 0 Å². The molecule has 0 bridgehead atoms. The summed E-state index contributed by atoms with van der Waals surface area (Å²) in [6, 6.07) is 8.17. The lowest BCUT2D eigenvalue weighted by Gasteiger charge is -2.24. The van der Waals surface area contributed by atoms with Crippen LogP contribution in [0.4, 0.5) is 0 Å². The van der Waals surface area contributed by atoms with Crippen molar-refractivity contribution < 1.29 is 5.11 Å². The maximum atomic E-state index is 8.88. The summed E-state index contributed by atoms with van der Waals surface area (Å²) in [6.45, 7) is 2.06. The van der Waals surface area contributed by atoms with Crippen LogP contribution in [0.1, 0.15) is 18.9 Å². The number of hydrogen-bond acceptors (Lipinski definition) is 3. The zero-order chi connectivity index (χ0) is 10.6. The van der Waals surface area contributed by atoms with Crippen molar-refractivity contribution >= 4 is 11.8 Å². The summed E-state index contributed by atoms with van der Waals surface area (Å²) < 4.78 is 0. The molecule has 0 aliphatic heterocycles. The molecule has 3 N–H and O–H groups in total. The smallest absolute Gasteiger partial charge is 0.0451 e. The van der Waals surface area contributed by atoms with Crippen LogP contribution in [0.5, 0.6) is 0 Å². The molecule has 2 nitrogen and oxygen atoms in total. The first-order chi connectivity index (χ1) is 6.60. The van der Waals surface area contributed by atoms with Gasteiger partial charge in [0.2, 0.25) is 0 Å². The van der Waals surface area contributed by atoms with Gasteiger partial charge in [-0.05, 0) is 37.3 Å². The van der Waals surface area contributed by atoms with E-state index in [0.717, 1.165) is 5.56 Å². The van der Waals surface area contributed by atoms with Crippen LogP contribution in [0.2, 0.25) is 0 Å². The first-order valence-electron chi connectivity index (χ1n) is 4.64. The molecule has 1 rings (SSSR count). The van der Waals surface area contributed by atoms with Crippen LogP contribution in [-0.4, -0.2) is 18.0 Å². The van der Waals surface area contributed by atoms with Crippen LogP contribution in [0.25, 0.3) is 0 Å². The predicted molar refractivity (Wildman–Crippen MR) is 61.5 cm³/mol. The van der Waals surface area contributed by atoms with Crippen LogP contribution in [0.3, 0.4) is 0 Å². The van der Waals surface area contributed by atoms with E-state index in [-0.39, 0.29) is 6.61 Å². The molecular weight excluding hydrogens is 194 g/mol. The van der Waals surface area contributed by atoms with Gasteiger partial charge in [-0.25, -0.2) is 0 Å². The molecule has 0 spiro atoms. The average molecular weight is 211 g/mol. The Kier molecular flexibility index (Phi) is 3.98. The van der Waals surface area contributed by atoms with Gasteiger partial charge in [0.15, 0.2) is 0 Å². The van der Waals surface area contributed by atoms with Gasteiger partial charge >= 0.3 is 0 Å². The molecule has 0 fully saturated rings. The fraction of sp³-hybridized carbons (Fsp3) is 0.455. The summed E-state index contributed by atoms with van der Waals surface area (Å²) in [5.74, 6) is 0. The van der Waals surface area contributed by atoms with Crippen molar-refractivity contribution in [3.05, 3.63) is 29.8 Å². The lowest BCUT2D eigenvalue weighted by Crippen LogP contribution is -2.33. The number of hydrogen-bond donors (Lipinski definition) is 2. The van der Waals surface area contributed by atoms with E-state index in [1.807, 2.05) is 25.3 Å². The van der Waals surface area contributed by atoms with Crippen molar-refractivity contribution in [3.8, 4) is 0 Å². The van der Waals surface area contributed by atoms with Crippen LogP contribution < -0.4 is 5.73 Å². The number of aliphatic hydroxyl groups excluding tert-OH is 1. The van der Waals surface area contributed by atoms with Crippen LogP contribution in [0, 0.1) is 0 Å². The van der Waals surface area contributed by atoms with E-state index in [4.69, 9.17) is 10.8 Å². The second-order valence-corrected chi connectivity index (χ2v) is 4.50.